The number of hydrogen-bond donors (Lipinski definition) is 2. The van der Waals surface area contributed by atoms with Gasteiger partial charge in [-0.2, -0.15) is 0 Å². The van der Waals surface area contributed by atoms with Crippen molar-refractivity contribution in [1.29, 1.82) is 0 Å². The van der Waals surface area contributed by atoms with Gasteiger partial charge in [0.15, 0.2) is 0 Å². The van der Waals surface area contributed by atoms with Gasteiger partial charge in [0.2, 0.25) is 5.91 Å². The Kier molecular flexibility index (Phi) is 5.62. The van der Waals surface area contributed by atoms with Gasteiger partial charge < -0.3 is 15.4 Å². The number of amides is 2. The number of hydrogen-bond acceptors (Lipinski definition) is 7. The number of anilines is 2. The lowest BCUT2D eigenvalue weighted by Crippen LogP contribution is -2.25. The molecule has 0 radical (unpaired) electrons. The minimum absolute atomic E-state index is 0.223. The minimum Gasteiger partial charge on any atom is -0.492 e. The number of thioether (sulfide) groups is 1. The molecule has 3 N–H and O–H groups in total. The van der Waals surface area contributed by atoms with E-state index in [9.17, 15) is 9.59 Å². The molecule has 136 valence electrons. The Morgan fingerprint density at radius 1 is 1.23 bits per heavy atom. The van der Waals surface area contributed by atoms with Gasteiger partial charge in [0.1, 0.15) is 18.2 Å². The molecule has 1 atom stereocenters. The van der Waals surface area contributed by atoms with Crippen LogP contribution in [-0.2, 0) is 11.2 Å². The summed E-state index contributed by atoms with van der Waals surface area (Å²) in [7, 11) is 1.94. The van der Waals surface area contributed by atoms with Crippen molar-refractivity contribution in [3.05, 3.63) is 48.2 Å². The maximum Gasteiger partial charge on any atom is 0.286 e. The lowest BCUT2D eigenvalue weighted by molar-refractivity contribution is -0.118. The summed E-state index contributed by atoms with van der Waals surface area (Å²) in [5.74, 6) is 1.37. The number of nitrogens with one attached hydrogen (secondary N) is 1. The Bertz CT molecular complexity index is 780. The Labute approximate surface area is 155 Å². The van der Waals surface area contributed by atoms with E-state index in [1.54, 1.807) is 6.20 Å². The van der Waals surface area contributed by atoms with Gasteiger partial charge in [-0.15, -0.1) is 0 Å². The van der Waals surface area contributed by atoms with Crippen LogP contribution in [0.5, 0.6) is 5.75 Å². The molecule has 0 saturated carbocycles. The van der Waals surface area contributed by atoms with Crippen LogP contribution in [0.25, 0.3) is 0 Å². The van der Waals surface area contributed by atoms with Crippen LogP contribution in [0.3, 0.4) is 0 Å². The fourth-order valence-corrected chi connectivity index (χ4v) is 3.36. The van der Waals surface area contributed by atoms with Crippen molar-refractivity contribution in [1.82, 2.24) is 10.3 Å². The molecule has 0 bridgehead atoms. The third-order valence-electron chi connectivity index (χ3n) is 3.97. The summed E-state index contributed by atoms with van der Waals surface area (Å²) in [6.45, 7) is 1.19. The first kappa shape index (κ1) is 18.1. The molecule has 2 heterocycles. The van der Waals surface area contributed by atoms with Crippen molar-refractivity contribution < 1.29 is 14.3 Å². The highest BCUT2D eigenvalue weighted by Gasteiger charge is 2.31. The SMILES string of the molecule is CN(CCOc1ccc(CC2SC(=O)NC2=O)cc1)c1ccc(N)cn1. The van der Waals surface area contributed by atoms with Gasteiger partial charge in [0.25, 0.3) is 5.24 Å². The predicted octanol–water partition coefficient (Wildman–Crippen LogP) is 2.07. The molecule has 8 heteroatoms. The molecular weight excluding hydrogens is 352 g/mol. The Morgan fingerprint density at radius 3 is 2.62 bits per heavy atom. The molecule has 1 aromatic heterocycles. The zero-order chi connectivity index (χ0) is 18.5. The van der Waals surface area contributed by atoms with Gasteiger partial charge in [-0.05, 0) is 36.2 Å². The maximum absolute atomic E-state index is 11.6. The minimum atomic E-state index is -0.352. The van der Waals surface area contributed by atoms with E-state index >= 15 is 0 Å². The van der Waals surface area contributed by atoms with Gasteiger partial charge in [-0.1, -0.05) is 23.9 Å². The van der Waals surface area contributed by atoms with Gasteiger partial charge >= 0.3 is 0 Å². The van der Waals surface area contributed by atoms with E-state index in [1.165, 1.54) is 0 Å². The highest BCUT2D eigenvalue weighted by Crippen LogP contribution is 2.23. The fourth-order valence-electron chi connectivity index (χ4n) is 2.50. The molecule has 1 unspecified atom stereocenters. The van der Waals surface area contributed by atoms with Crippen LogP contribution in [0.2, 0.25) is 0 Å². The lowest BCUT2D eigenvalue weighted by Gasteiger charge is -2.18. The molecule has 2 amide bonds. The molecule has 7 nitrogen and oxygen atoms in total. The number of nitrogens with two attached hydrogens (primary N) is 1. The van der Waals surface area contributed by atoms with E-state index in [-0.39, 0.29) is 16.4 Å². The molecule has 26 heavy (non-hydrogen) atoms. The summed E-state index contributed by atoms with van der Waals surface area (Å²) in [6, 6.07) is 11.3. The highest BCUT2D eigenvalue weighted by molar-refractivity contribution is 8.15. The Balaban J connectivity index is 1.46. The third-order valence-corrected chi connectivity index (χ3v) is 4.95. The standard InChI is InChI=1S/C18H20N4O3S/c1-22(16-7-4-13(19)11-20-16)8-9-25-14-5-2-12(3-6-14)10-15-17(23)21-18(24)26-15/h2-7,11,15H,8-10,19H2,1H3,(H,21,23,24). The molecule has 1 aromatic carbocycles. The average molecular weight is 372 g/mol. The van der Waals surface area contributed by atoms with Crippen LogP contribution in [-0.4, -0.2) is 41.6 Å². The van der Waals surface area contributed by atoms with E-state index in [1.807, 2.05) is 48.3 Å². The molecule has 1 aliphatic rings. The summed E-state index contributed by atoms with van der Waals surface area (Å²) < 4.78 is 5.75. The number of likely N-dealkylation sites (N-methyl/N-ethyl adjacent to an activating group) is 1. The summed E-state index contributed by atoms with van der Waals surface area (Å²) in [4.78, 5) is 29.0. The summed E-state index contributed by atoms with van der Waals surface area (Å²) >= 11 is 1.04. The fraction of sp³-hybridized carbons (Fsp3) is 0.278. The zero-order valence-electron chi connectivity index (χ0n) is 14.3. The van der Waals surface area contributed by atoms with E-state index in [0.717, 1.165) is 28.9 Å². The summed E-state index contributed by atoms with van der Waals surface area (Å²) in [5.41, 5.74) is 7.26. The Hall–Kier alpha value is -2.74. The van der Waals surface area contributed by atoms with E-state index in [2.05, 4.69) is 10.3 Å². The number of carbonyl (C=O) groups is 2. The van der Waals surface area contributed by atoms with Crippen LogP contribution < -0.4 is 20.7 Å². The summed E-state index contributed by atoms with van der Waals surface area (Å²) in [6.07, 6.45) is 2.15. The third kappa shape index (κ3) is 4.66. The number of carbonyl (C=O) groups excluding carboxylic acids is 2. The maximum atomic E-state index is 11.6. The van der Waals surface area contributed by atoms with Gasteiger partial charge in [-0.3, -0.25) is 14.9 Å². The normalized spacial score (nSPS) is 16.4. The summed E-state index contributed by atoms with van der Waals surface area (Å²) in [5, 5.41) is 1.67. The zero-order valence-corrected chi connectivity index (χ0v) is 15.2. The number of pyridine rings is 1. The first-order valence-electron chi connectivity index (χ1n) is 8.17. The van der Waals surface area contributed by atoms with Crippen LogP contribution in [0.15, 0.2) is 42.6 Å². The number of benzene rings is 1. The first-order valence-corrected chi connectivity index (χ1v) is 9.05. The first-order chi connectivity index (χ1) is 12.5. The second kappa shape index (κ2) is 8.09. The van der Waals surface area contributed by atoms with Gasteiger partial charge in [0, 0.05) is 7.05 Å². The Morgan fingerprint density at radius 2 is 2.00 bits per heavy atom. The number of nitrogens with zero attached hydrogens (tertiary/aromatic N) is 2. The molecule has 2 aromatic rings. The second-order valence-electron chi connectivity index (χ2n) is 5.95. The molecule has 3 rings (SSSR count). The van der Waals surface area contributed by atoms with Gasteiger partial charge in [0.05, 0.1) is 23.7 Å². The lowest BCUT2D eigenvalue weighted by atomic mass is 10.1. The van der Waals surface area contributed by atoms with Crippen molar-refractivity contribution in [2.45, 2.75) is 11.7 Å². The number of ether oxygens (including phenoxy) is 1. The van der Waals surface area contributed by atoms with Crippen LogP contribution >= 0.6 is 11.8 Å². The molecule has 0 spiro atoms. The molecular formula is C18H20N4O3S. The molecule has 1 saturated heterocycles. The van der Waals surface area contributed by atoms with Gasteiger partial charge in [-0.25, -0.2) is 4.98 Å². The molecule has 1 aliphatic heterocycles. The number of aromatic nitrogens is 1. The highest BCUT2D eigenvalue weighted by atomic mass is 32.2. The van der Waals surface area contributed by atoms with E-state index in [0.29, 0.717) is 25.3 Å². The predicted molar refractivity (Wildman–Crippen MR) is 102 cm³/mol. The smallest absolute Gasteiger partial charge is 0.286 e. The van der Waals surface area contributed by atoms with Crippen molar-refractivity contribution in [3.8, 4) is 5.75 Å². The molecule has 0 aliphatic carbocycles. The van der Waals surface area contributed by atoms with Crippen LogP contribution in [0, 0.1) is 0 Å². The van der Waals surface area contributed by atoms with Crippen molar-refractivity contribution in [2.24, 2.45) is 0 Å². The monoisotopic (exact) mass is 372 g/mol. The average Bonchev–Trinajstić information content (AvgIpc) is 2.94. The quantitative estimate of drug-likeness (QED) is 0.768. The molecule has 1 fully saturated rings. The van der Waals surface area contributed by atoms with Crippen molar-refractivity contribution >= 4 is 34.4 Å². The van der Waals surface area contributed by atoms with E-state index in [4.69, 9.17) is 10.5 Å². The largest absolute Gasteiger partial charge is 0.492 e. The number of imide groups is 1. The van der Waals surface area contributed by atoms with Crippen LogP contribution in [0.4, 0.5) is 16.3 Å². The second-order valence-corrected chi connectivity index (χ2v) is 7.13. The van der Waals surface area contributed by atoms with Crippen molar-refractivity contribution in [2.75, 3.05) is 30.8 Å². The van der Waals surface area contributed by atoms with Crippen LogP contribution in [0.1, 0.15) is 5.56 Å². The van der Waals surface area contributed by atoms with Crippen molar-refractivity contribution in [3.63, 3.8) is 0 Å². The topological polar surface area (TPSA) is 97.5 Å². The van der Waals surface area contributed by atoms with E-state index < -0.39 is 0 Å². The number of rotatable bonds is 7. The number of nitrogen functional groups attached to an aromatic ring is 1.